The van der Waals surface area contributed by atoms with Crippen LogP contribution in [0.3, 0.4) is 0 Å². The Bertz CT molecular complexity index is 492. The summed E-state index contributed by atoms with van der Waals surface area (Å²) in [5, 5.41) is 4.59. The normalized spacial score (nSPS) is 29.6. The Hall–Kier alpha value is -0.350. The van der Waals surface area contributed by atoms with Gasteiger partial charge in [-0.15, -0.1) is 0 Å². The Labute approximate surface area is 131 Å². The third kappa shape index (κ3) is 3.28. The van der Waals surface area contributed by atoms with Crippen molar-refractivity contribution in [3.05, 3.63) is 15.9 Å². The summed E-state index contributed by atoms with van der Waals surface area (Å²) in [5.41, 5.74) is 9.39. The molecule has 1 saturated carbocycles. The summed E-state index contributed by atoms with van der Waals surface area (Å²) in [7, 11) is 2.03. The highest BCUT2D eigenvalue weighted by molar-refractivity contribution is 9.10. The molecule has 0 saturated heterocycles. The van der Waals surface area contributed by atoms with Gasteiger partial charge in [0.15, 0.2) is 0 Å². The minimum absolute atomic E-state index is 0.109. The number of hydrogen-bond acceptors (Lipinski definition) is 2. The highest BCUT2D eigenvalue weighted by Crippen LogP contribution is 2.44. The van der Waals surface area contributed by atoms with Gasteiger partial charge in [0.05, 0.1) is 15.9 Å². The van der Waals surface area contributed by atoms with E-state index in [1.807, 2.05) is 11.7 Å². The van der Waals surface area contributed by atoms with Crippen molar-refractivity contribution >= 4 is 15.9 Å². The van der Waals surface area contributed by atoms with Crippen molar-refractivity contribution in [3.63, 3.8) is 0 Å². The van der Waals surface area contributed by atoms with Crippen LogP contribution in [-0.4, -0.2) is 15.3 Å². The number of aromatic nitrogens is 2. The highest BCUT2D eigenvalue weighted by Gasteiger charge is 2.41. The molecule has 3 nitrogen and oxygen atoms in total. The second kappa shape index (κ2) is 5.45. The summed E-state index contributed by atoms with van der Waals surface area (Å²) < 4.78 is 3.16. The molecular weight excluding hydrogens is 314 g/mol. The second-order valence-corrected chi connectivity index (χ2v) is 8.37. The zero-order valence-corrected chi connectivity index (χ0v) is 15.0. The van der Waals surface area contributed by atoms with E-state index in [0.717, 1.165) is 35.8 Å². The van der Waals surface area contributed by atoms with Gasteiger partial charge in [-0.2, -0.15) is 5.10 Å². The maximum absolute atomic E-state index is 6.78. The molecule has 0 aromatic carbocycles. The minimum atomic E-state index is -0.109. The molecule has 2 rings (SSSR count). The molecule has 1 aromatic rings. The third-order valence-electron chi connectivity index (χ3n) is 4.51. The maximum atomic E-state index is 6.78. The van der Waals surface area contributed by atoms with E-state index in [1.165, 1.54) is 12.1 Å². The van der Waals surface area contributed by atoms with Crippen LogP contribution in [-0.2, 0) is 19.9 Å². The van der Waals surface area contributed by atoms with E-state index in [1.54, 1.807) is 0 Å². The highest BCUT2D eigenvalue weighted by atomic mass is 79.9. The minimum Gasteiger partial charge on any atom is -0.325 e. The predicted octanol–water partition coefficient (Wildman–Crippen LogP) is 3.83. The molecule has 20 heavy (non-hydrogen) atoms. The summed E-state index contributed by atoms with van der Waals surface area (Å²) in [6.07, 6.45) is 5.33. The molecule has 2 unspecified atom stereocenters. The van der Waals surface area contributed by atoms with Crippen LogP contribution in [0.15, 0.2) is 4.47 Å². The fourth-order valence-electron chi connectivity index (χ4n) is 4.29. The molecule has 1 aromatic heterocycles. The summed E-state index contributed by atoms with van der Waals surface area (Å²) in [6.45, 7) is 9.17. The predicted molar refractivity (Wildman–Crippen MR) is 87.7 cm³/mol. The Kier molecular flexibility index (Phi) is 4.37. The van der Waals surface area contributed by atoms with Crippen LogP contribution in [0.2, 0.25) is 0 Å². The average molecular weight is 342 g/mol. The SMILES string of the molecule is CCc1nn(C)c(CC2(N)CC(C)CC(C)(C)C2)c1Br. The van der Waals surface area contributed by atoms with Crippen molar-refractivity contribution in [2.45, 2.75) is 65.3 Å². The first-order valence-corrected chi connectivity index (χ1v) is 8.44. The Balaban J connectivity index is 2.26. The smallest absolute Gasteiger partial charge is 0.0766 e. The van der Waals surface area contributed by atoms with Gasteiger partial charge in [-0.3, -0.25) is 4.68 Å². The van der Waals surface area contributed by atoms with Crippen LogP contribution >= 0.6 is 15.9 Å². The molecule has 114 valence electrons. The fourth-order valence-corrected chi connectivity index (χ4v) is 5.04. The lowest BCUT2D eigenvalue weighted by molar-refractivity contribution is 0.107. The lowest BCUT2D eigenvalue weighted by atomic mass is 9.63. The lowest BCUT2D eigenvalue weighted by Gasteiger charge is -2.45. The van der Waals surface area contributed by atoms with Crippen molar-refractivity contribution in [2.75, 3.05) is 0 Å². The van der Waals surface area contributed by atoms with E-state index < -0.39 is 0 Å². The topological polar surface area (TPSA) is 43.8 Å². The fraction of sp³-hybridized carbons (Fsp3) is 0.812. The van der Waals surface area contributed by atoms with Crippen molar-refractivity contribution < 1.29 is 0 Å². The number of nitrogens with zero attached hydrogens (tertiary/aromatic N) is 2. The van der Waals surface area contributed by atoms with E-state index in [9.17, 15) is 0 Å². The lowest BCUT2D eigenvalue weighted by Crippen LogP contribution is -2.51. The molecule has 0 aliphatic heterocycles. The van der Waals surface area contributed by atoms with Gasteiger partial charge in [0, 0.05) is 19.0 Å². The molecule has 0 radical (unpaired) electrons. The van der Waals surface area contributed by atoms with Crippen LogP contribution in [0.1, 0.15) is 58.3 Å². The van der Waals surface area contributed by atoms with Crippen LogP contribution in [0.5, 0.6) is 0 Å². The van der Waals surface area contributed by atoms with Crippen molar-refractivity contribution in [2.24, 2.45) is 24.1 Å². The summed E-state index contributed by atoms with van der Waals surface area (Å²) in [5.74, 6) is 0.696. The molecule has 4 heteroatoms. The monoisotopic (exact) mass is 341 g/mol. The van der Waals surface area contributed by atoms with E-state index in [2.05, 4.69) is 48.7 Å². The maximum Gasteiger partial charge on any atom is 0.0766 e. The summed E-state index contributed by atoms with van der Waals surface area (Å²) in [6, 6.07) is 0. The molecule has 1 fully saturated rings. The Morgan fingerprint density at radius 3 is 2.55 bits per heavy atom. The average Bonchev–Trinajstić information content (AvgIpc) is 2.52. The molecule has 2 N–H and O–H groups in total. The van der Waals surface area contributed by atoms with Crippen LogP contribution < -0.4 is 5.73 Å². The number of hydrogen-bond donors (Lipinski definition) is 1. The Morgan fingerprint density at radius 2 is 2.05 bits per heavy atom. The standard InChI is InChI=1S/C16H28BrN3/c1-6-12-14(17)13(20(5)19-12)9-16(18)8-11(2)7-15(3,4)10-16/h11H,6-10,18H2,1-5H3. The van der Waals surface area contributed by atoms with Crippen molar-refractivity contribution in [1.82, 2.24) is 9.78 Å². The molecule has 0 amide bonds. The van der Waals surface area contributed by atoms with Gasteiger partial charge < -0.3 is 5.73 Å². The molecule has 1 aliphatic carbocycles. The van der Waals surface area contributed by atoms with E-state index >= 15 is 0 Å². The van der Waals surface area contributed by atoms with Gasteiger partial charge in [-0.25, -0.2) is 0 Å². The summed E-state index contributed by atoms with van der Waals surface area (Å²) >= 11 is 3.72. The zero-order chi connectivity index (χ0) is 15.1. The first kappa shape index (κ1) is 16.0. The van der Waals surface area contributed by atoms with E-state index in [-0.39, 0.29) is 5.54 Å². The van der Waals surface area contributed by atoms with Crippen molar-refractivity contribution in [1.29, 1.82) is 0 Å². The number of aryl methyl sites for hydroxylation is 2. The number of nitrogens with two attached hydrogens (primary N) is 1. The van der Waals surface area contributed by atoms with Crippen molar-refractivity contribution in [3.8, 4) is 0 Å². The van der Waals surface area contributed by atoms with Gasteiger partial charge in [-0.05, 0) is 52.9 Å². The number of halogens is 1. The number of rotatable bonds is 3. The second-order valence-electron chi connectivity index (χ2n) is 7.58. The summed E-state index contributed by atoms with van der Waals surface area (Å²) in [4.78, 5) is 0. The van der Waals surface area contributed by atoms with Crippen LogP contribution in [0.4, 0.5) is 0 Å². The molecule has 1 aliphatic rings. The van der Waals surface area contributed by atoms with Crippen LogP contribution in [0, 0.1) is 11.3 Å². The molecule has 2 atom stereocenters. The van der Waals surface area contributed by atoms with E-state index in [4.69, 9.17) is 5.73 Å². The quantitative estimate of drug-likeness (QED) is 0.907. The van der Waals surface area contributed by atoms with E-state index in [0.29, 0.717) is 11.3 Å². The van der Waals surface area contributed by atoms with Gasteiger partial charge in [0.2, 0.25) is 0 Å². The third-order valence-corrected chi connectivity index (χ3v) is 5.42. The van der Waals surface area contributed by atoms with Crippen LogP contribution in [0.25, 0.3) is 0 Å². The zero-order valence-electron chi connectivity index (χ0n) is 13.5. The largest absolute Gasteiger partial charge is 0.325 e. The molecule has 1 heterocycles. The van der Waals surface area contributed by atoms with Gasteiger partial charge >= 0.3 is 0 Å². The first-order chi connectivity index (χ1) is 9.16. The first-order valence-electron chi connectivity index (χ1n) is 7.65. The van der Waals surface area contributed by atoms with Gasteiger partial charge in [0.1, 0.15) is 0 Å². The molecular formula is C16H28BrN3. The Morgan fingerprint density at radius 1 is 1.40 bits per heavy atom. The van der Waals surface area contributed by atoms with Gasteiger partial charge in [0.25, 0.3) is 0 Å². The molecule has 0 spiro atoms. The molecule has 0 bridgehead atoms. The van der Waals surface area contributed by atoms with Gasteiger partial charge in [-0.1, -0.05) is 27.7 Å².